The third kappa shape index (κ3) is 2.88. The first-order valence-corrected chi connectivity index (χ1v) is 5.96. The Balaban J connectivity index is 2.28. The summed E-state index contributed by atoms with van der Waals surface area (Å²) < 4.78 is 54.3. The van der Waals surface area contributed by atoms with Crippen LogP contribution in [0.4, 0.5) is 23.2 Å². The minimum atomic E-state index is -1.66. The third-order valence-corrected chi connectivity index (χ3v) is 2.87. The zero-order valence-corrected chi connectivity index (χ0v) is 11.1. The van der Waals surface area contributed by atoms with Gasteiger partial charge in [-0.3, -0.25) is 9.48 Å². The summed E-state index contributed by atoms with van der Waals surface area (Å²) in [6.45, 7) is 3.17. The van der Waals surface area contributed by atoms with Crippen LogP contribution in [-0.4, -0.2) is 15.7 Å². The molecule has 0 fully saturated rings. The average Bonchev–Trinajstić information content (AvgIpc) is 2.87. The molecule has 0 saturated heterocycles. The molecule has 0 saturated carbocycles. The average molecular weight is 301 g/mol. The van der Waals surface area contributed by atoms with Gasteiger partial charge in [-0.2, -0.15) is 5.10 Å². The molecule has 1 amide bonds. The fourth-order valence-corrected chi connectivity index (χ4v) is 1.68. The van der Waals surface area contributed by atoms with Crippen molar-refractivity contribution < 1.29 is 22.4 Å². The lowest BCUT2D eigenvalue weighted by atomic mass is 10.2. The number of carbonyl (C=O) groups is 1. The largest absolute Gasteiger partial charge is 0.319 e. The fraction of sp³-hybridized carbons (Fsp3) is 0.231. The molecule has 0 aliphatic rings. The molecule has 1 heterocycles. The second-order valence-electron chi connectivity index (χ2n) is 4.51. The van der Waals surface area contributed by atoms with E-state index in [1.165, 1.54) is 17.8 Å². The number of hydrogen-bond acceptors (Lipinski definition) is 2. The smallest absolute Gasteiger partial charge is 0.249 e. The molecule has 2 aromatic rings. The summed E-state index contributed by atoms with van der Waals surface area (Å²) in [5.74, 6) is -7.36. The number of nitrogens with zero attached hydrogens (tertiary/aromatic N) is 2. The lowest BCUT2D eigenvalue weighted by Gasteiger charge is -2.14. The van der Waals surface area contributed by atoms with Crippen LogP contribution in [0.1, 0.15) is 18.5 Å². The van der Waals surface area contributed by atoms with E-state index < -0.39 is 40.9 Å². The summed E-state index contributed by atoms with van der Waals surface area (Å²) in [6, 6.07) is -0.843. The molecule has 2 rings (SSSR count). The predicted octanol–water partition coefficient (Wildman–Crippen LogP) is 2.95. The molecule has 0 bridgehead atoms. The fourth-order valence-electron chi connectivity index (χ4n) is 1.68. The number of benzene rings is 1. The minimum absolute atomic E-state index is 0.0701. The van der Waals surface area contributed by atoms with E-state index in [9.17, 15) is 22.4 Å². The highest BCUT2D eigenvalue weighted by Crippen LogP contribution is 2.25. The Morgan fingerprint density at radius 2 is 1.81 bits per heavy atom. The molecule has 0 spiro atoms. The van der Waals surface area contributed by atoms with Crippen LogP contribution in [0, 0.1) is 30.2 Å². The van der Waals surface area contributed by atoms with Crippen LogP contribution in [0.5, 0.6) is 0 Å². The van der Waals surface area contributed by atoms with Crippen molar-refractivity contribution in [1.29, 1.82) is 0 Å². The summed E-state index contributed by atoms with van der Waals surface area (Å²) in [4.78, 5) is 11.9. The van der Waals surface area contributed by atoms with Gasteiger partial charge in [0.15, 0.2) is 23.3 Å². The second-order valence-corrected chi connectivity index (χ2v) is 4.51. The number of hydrogen-bond donors (Lipinski definition) is 1. The summed E-state index contributed by atoms with van der Waals surface area (Å²) in [5.41, 5.74) is -0.378. The van der Waals surface area contributed by atoms with Crippen LogP contribution < -0.4 is 5.32 Å². The zero-order chi connectivity index (χ0) is 15.7. The van der Waals surface area contributed by atoms with Crippen molar-refractivity contribution in [3.05, 3.63) is 47.3 Å². The van der Waals surface area contributed by atoms with Gasteiger partial charge in [-0.15, -0.1) is 0 Å². The van der Waals surface area contributed by atoms with E-state index in [1.54, 1.807) is 13.1 Å². The molecule has 0 aliphatic carbocycles. The first-order chi connectivity index (χ1) is 9.81. The SMILES string of the molecule is Cc1cnn(C(C)C(=O)Nc2c(F)c(F)cc(F)c2F)c1. The maximum atomic E-state index is 13.5. The van der Waals surface area contributed by atoms with Gasteiger partial charge in [-0.05, 0) is 19.4 Å². The Morgan fingerprint density at radius 3 is 2.29 bits per heavy atom. The monoisotopic (exact) mass is 301 g/mol. The van der Waals surface area contributed by atoms with Crippen LogP contribution in [0.15, 0.2) is 18.5 Å². The van der Waals surface area contributed by atoms with Gasteiger partial charge in [0.2, 0.25) is 5.91 Å². The molecule has 21 heavy (non-hydrogen) atoms. The molecule has 1 aromatic heterocycles. The molecule has 1 N–H and O–H groups in total. The number of carbonyl (C=O) groups excluding carboxylic acids is 1. The zero-order valence-electron chi connectivity index (χ0n) is 11.1. The van der Waals surface area contributed by atoms with Crippen molar-refractivity contribution in [3.63, 3.8) is 0 Å². The molecule has 8 heteroatoms. The van der Waals surface area contributed by atoms with Crippen LogP contribution in [-0.2, 0) is 4.79 Å². The van der Waals surface area contributed by atoms with Crippen LogP contribution in [0.3, 0.4) is 0 Å². The van der Waals surface area contributed by atoms with Gasteiger partial charge in [-0.25, -0.2) is 17.6 Å². The number of halogens is 4. The summed E-state index contributed by atoms with van der Waals surface area (Å²) in [6.07, 6.45) is 3.04. The molecular formula is C13H11F4N3O. The molecule has 1 atom stereocenters. The number of aryl methyl sites for hydroxylation is 1. The van der Waals surface area contributed by atoms with Crippen LogP contribution in [0.2, 0.25) is 0 Å². The van der Waals surface area contributed by atoms with E-state index in [2.05, 4.69) is 5.10 Å². The second kappa shape index (κ2) is 5.55. The highest BCUT2D eigenvalue weighted by Gasteiger charge is 2.23. The van der Waals surface area contributed by atoms with Crippen molar-refractivity contribution in [2.45, 2.75) is 19.9 Å². The lowest BCUT2D eigenvalue weighted by molar-refractivity contribution is -0.119. The number of nitrogens with one attached hydrogen (secondary N) is 1. The van der Waals surface area contributed by atoms with Gasteiger partial charge < -0.3 is 5.32 Å². The first kappa shape index (κ1) is 15.0. The third-order valence-electron chi connectivity index (χ3n) is 2.87. The van der Waals surface area contributed by atoms with Crippen molar-refractivity contribution in [2.24, 2.45) is 0 Å². The molecule has 112 valence electrons. The Hall–Kier alpha value is -2.38. The topological polar surface area (TPSA) is 46.9 Å². The predicted molar refractivity (Wildman–Crippen MR) is 66.6 cm³/mol. The molecular weight excluding hydrogens is 290 g/mol. The van der Waals surface area contributed by atoms with E-state index in [0.29, 0.717) is 0 Å². The molecule has 1 unspecified atom stereocenters. The summed E-state index contributed by atoms with van der Waals surface area (Å²) >= 11 is 0. The highest BCUT2D eigenvalue weighted by molar-refractivity contribution is 5.93. The Bertz CT molecular complexity index is 673. The first-order valence-electron chi connectivity index (χ1n) is 5.96. The lowest BCUT2D eigenvalue weighted by Crippen LogP contribution is -2.25. The van der Waals surface area contributed by atoms with E-state index in [1.807, 2.05) is 5.32 Å². The number of anilines is 1. The van der Waals surface area contributed by atoms with E-state index >= 15 is 0 Å². The van der Waals surface area contributed by atoms with Gasteiger partial charge in [-0.1, -0.05) is 0 Å². The molecule has 4 nitrogen and oxygen atoms in total. The van der Waals surface area contributed by atoms with Crippen LogP contribution in [0.25, 0.3) is 0 Å². The van der Waals surface area contributed by atoms with E-state index in [-0.39, 0.29) is 6.07 Å². The highest BCUT2D eigenvalue weighted by atomic mass is 19.2. The van der Waals surface area contributed by atoms with Crippen molar-refractivity contribution in [2.75, 3.05) is 5.32 Å². The number of amides is 1. The van der Waals surface area contributed by atoms with Crippen molar-refractivity contribution >= 4 is 11.6 Å². The van der Waals surface area contributed by atoms with E-state index in [0.717, 1.165) is 5.56 Å². The molecule has 0 aliphatic heterocycles. The Labute approximate surface area is 117 Å². The summed E-state index contributed by atoms with van der Waals surface area (Å²) in [5, 5.41) is 5.72. The van der Waals surface area contributed by atoms with Crippen LogP contribution >= 0.6 is 0 Å². The van der Waals surface area contributed by atoms with Crippen molar-refractivity contribution in [1.82, 2.24) is 9.78 Å². The maximum absolute atomic E-state index is 13.5. The standard InChI is InChI=1S/C13H11F4N3O/c1-6-4-18-20(5-6)7(2)13(21)19-12-10(16)8(14)3-9(15)11(12)17/h3-5,7H,1-2H3,(H,19,21). The van der Waals surface area contributed by atoms with E-state index in [4.69, 9.17) is 0 Å². The van der Waals surface area contributed by atoms with Crippen molar-refractivity contribution in [3.8, 4) is 0 Å². The molecule has 1 aromatic carbocycles. The Morgan fingerprint density at radius 1 is 1.24 bits per heavy atom. The normalized spacial score (nSPS) is 12.3. The maximum Gasteiger partial charge on any atom is 0.249 e. The van der Waals surface area contributed by atoms with Gasteiger partial charge in [0, 0.05) is 12.3 Å². The quantitative estimate of drug-likeness (QED) is 0.700. The summed E-state index contributed by atoms with van der Waals surface area (Å²) in [7, 11) is 0. The number of aromatic nitrogens is 2. The number of rotatable bonds is 3. The van der Waals surface area contributed by atoms with Gasteiger partial charge in [0.05, 0.1) is 6.20 Å². The van der Waals surface area contributed by atoms with Gasteiger partial charge in [0.1, 0.15) is 11.7 Å². The van der Waals surface area contributed by atoms with Gasteiger partial charge >= 0.3 is 0 Å². The molecule has 0 radical (unpaired) electrons. The minimum Gasteiger partial charge on any atom is -0.319 e. The Kier molecular flexibility index (Phi) is 3.97. The van der Waals surface area contributed by atoms with Gasteiger partial charge in [0.25, 0.3) is 0 Å².